The third-order valence-corrected chi connectivity index (χ3v) is 0.509. The first-order chi connectivity index (χ1) is 3.42. The van der Waals surface area contributed by atoms with Crippen LogP contribution in [-0.2, 0) is 4.79 Å². The third kappa shape index (κ3) is 5.39. The van der Waals surface area contributed by atoms with Crippen LogP contribution in [0.15, 0.2) is 0 Å². The van der Waals surface area contributed by atoms with E-state index in [1.54, 1.807) is 0 Å². The Morgan fingerprint density at radius 3 is 2.12 bits per heavy atom. The fourth-order valence-corrected chi connectivity index (χ4v) is 0.330. The number of carbonyl (C=O) groups is 1. The Hall–Kier alpha value is -0.610. The van der Waals surface area contributed by atoms with E-state index in [1.807, 2.05) is 0 Å². The first kappa shape index (κ1) is 7.39. The van der Waals surface area contributed by atoms with E-state index >= 15 is 0 Å². The van der Waals surface area contributed by atoms with Crippen LogP contribution in [0.25, 0.3) is 0 Å². The van der Waals surface area contributed by atoms with Crippen LogP contribution in [0.5, 0.6) is 0 Å². The third-order valence-electron chi connectivity index (χ3n) is 0.509. The molecule has 0 rings (SSSR count). The van der Waals surface area contributed by atoms with E-state index in [9.17, 15) is 4.79 Å². The summed E-state index contributed by atoms with van der Waals surface area (Å²) in [5.74, 6) is -2.68. The maximum atomic E-state index is 9.92. The summed E-state index contributed by atoms with van der Waals surface area (Å²) in [4.78, 5) is 9.92. The lowest BCUT2D eigenvalue weighted by atomic mass is 10.2. The monoisotopic (exact) mass is 119 g/mol. The number of aliphatic hydroxyl groups is 2. The van der Waals surface area contributed by atoms with Gasteiger partial charge in [-0.1, -0.05) is 0 Å². The molecular weight excluding hydrogens is 110 g/mol. The van der Waals surface area contributed by atoms with Gasteiger partial charge in [-0.15, -0.1) is 0 Å². The highest BCUT2D eigenvalue weighted by Crippen LogP contribution is 2.00. The van der Waals surface area contributed by atoms with Gasteiger partial charge >= 0.3 is 0 Å². The largest absolute Gasteiger partial charge is 0.370 e. The summed E-state index contributed by atoms with van der Waals surface area (Å²) in [6.45, 7) is 1.10. The van der Waals surface area contributed by atoms with Crippen LogP contribution in [0.1, 0.15) is 13.3 Å². The molecule has 0 aromatic carbocycles. The number of primary amides is 1. The minimum absolute atomic E-state index is 0.424. The highest BCUT2D eigenvalue weighted by molar-refractivity contribution is 5.74. The Balaban J connectivity index is 3.55. The molecule has 48 valence electrons. The number of carbonyl (C=O) groups excluding carboxylic acids is 1. The molecule has 0 saturated carbocycles. The molecule has 4 N–H and O–H groups in total. The van der Waals surface area contributed by atoms with Crippen LogP contribution in [-0.4, -0.2) is 21.9 Å². The summed E-state index contributed by atoms with van der Waals surface area (Å²) >= 11 is 0. The molecule has 0 bridgehead atoms. The maximum absolute atomic E-state index is 9.92. The van der Waals surface area contributed by atoms with Gasteiger partial charge in [-0.05, 0) is 6.92 Å². The van der Waals surface area contributed by atoms with Gasteiger partial charge in [0.15, 0.2) is 5.79 Å². The smallest absolute Gasteiger partial charge is 0.222 e. The SMILES string of the molecule is CC(O)(O)CC(N)=O. The zero-order chi connectivity index (χ0) is 6.78. The van der Waals surface area contributed by atoms with Crippen molar-refractivity contribution in [3.8, 4) is 0 Å². The molecule has 4 heteroatoms. The standard InChI is InChI=1S/C4H9NO3/c1-4(7,8)2-3(5)6/h7-8H,2H2,1H3,(H2,5,6). The van der Waals surface area contributed by atoms with Crippen LogP contribution in [0.2, 0.25) is 0 Å². The van der Waals surface area contributed by atoms with Gasteiger partial charge in [0.1, 0.15) is 0 Å². The summed E-state index contributed by atoms with van der Waals surface area (Å²) in [6, 6.07) is 0. The Bertz CT molecular complexity index is 93.9. The average molecular weight is 119 g/mol. The normalized spacial score (nSPS) is 11.4. The summed E-state index contributed by atoms with van der Waals surface area (Å²) < 4.78 is 0. The van der Waals surface area contributed by atoms with Crippen LogP contribution < -0.4 is 5.73 Å². The lowest BCUT2D eigenvalue weighted by Crippen LogP contribution is -2.30. The Kier molecular flexibility index (Phi) is 1.94. The van der Waals surface area contributed by atoms with Crippen molar-refractivity contribution in [2.24, 2.45) is 5.73 Å². The maximum Gasteiger partial charge on any atom is 0.222 e. The van der Waals surface area contributed by atoms with E-state index in [4.69, 9.17) is 10.2 Å². The van der Waals surface area contributed by atoms with Crippen molar-refractivity contribution >= 4 is 5.91 Å². The number of rotatable bonds is 2. The van der Waals surface area contributed by atoms with Crippen LogP contribution in [0.4, 0.5) is 0 Å². The highest BCUT2D eigenvalue weighted by Gasteiger charge is 2.17. The Morgan fingerprint density at radius 1 is 1.75 bits per heavy atom. The molecule has 0 aliphatic heterocycles. The topological polar surface area (TPSA) is 83.6 Å². The van der Waals surface area contributed by atoms with Crippen molar-refractivity contribution < 1.29 is 15.0 Å². The van der Waals surface area contributed by atoms with Gasteiger partial charge in [-0.3, -0.25) is 4.79 Å². The van der Waals surface area contributed by atoms with E-state index in [0.29, 0.717) is 0 Å². The quantitative estimate of drug-likeness (QED) is 0.389. The fraction of sp³-hybridized carbons (Fsp3) is 0.750. The molecule has 0 fully saturated rings. The summed E-state index contributed by atoms with van der Waals surface area (Å²) in [5, 5.41) is 16.9. The second-order valence-electron chi connectivity index (χ2n) is 1.86. The fourth-order valence-electron chi connectivity index (χ4n) is 0.330. The van der Waals surface area contributed by atoms with Crippen molar-refractivity contribution in [3.63, 3.8) is 0 Å². The lowest BCUT2D eigenvalue weighted by Gasteiger charge is -2.11. The van der Waals surface area contributed by atoms with E-state index in [-0.39, 0.29) is 0 Å². The number of nitrogens with two attached hydrogens (primary N) is 1. The average Bonchev–Trinajstić information content (AvgIpc) is 1.21. The number of hydrogen-bond acceptors (Lipinski definition) is 3. The second kappa shape index (κ2) is 2.11. The molecule has 0 atom stereocenters. The molecule has 1 amide bonds. The summed E-state index contributed by atoms with van der Waals surface area (Å²) in [6.07, 6.45) is -0.424. The molecule has 0 aromatic heterocycles. The number of hydrogen-bond donors (Lipinski definition) is 3. The molecule has 0 spiro atoms. The molecule has 0 aliphatic rings. The zero-order valence-electron chi connectivity index (χ0n) is 4.59. The lowest BCUT2D eigenvalue weighted by molar-refractivity contribution is -0.159. The molecule has 4 nitrogen and oxygen atoms in total. The number of amides is 1. The van der Waals surface area contributed by atoms with Crippen LogP contribution in [0, 0.1) is 0 Å². The van der Waals surface area contributed by atoms with Gasteiger partial charge in [0.2, 0.25) is 5.91 Å². The molecule has 8 heavy (non-hydrogen) atoms. The molecule has 0 aromatic rings. The van der Waals surface area contributed by atoms with Gasteiger partial charge in [0.05, 0.1) is 6.42 Å². The first-order valence-electron chi connectivity index (χ1n) is 2.15. The molecule has 0 radical (unpaired) electrons. The van der Waals surface area contributed by atoms with Crippen molar-refractivity contribution in [1.82, 2.24) is 0 Å². The van der Waals surface area contributed by atoms with E-state index in [2.05, 4.69) is 5.73 Å². The van der Waals surface area contributed by atoms with E-state index < -0.39 is 18.1 Å². The van der Waals surface area contributed by atoms with Gasteiger partial charge in [0, 0.05) is 0 Å². The molecule has 0 saturated heterocycles. The predicted molar refractivity (Wildman–Crippen MR) is 26.7 cm³/mol. The van der Waals surface area contributed by atoms with Gasteiger partial charge in [-0.2, -0.15) is 0 Å². The second-order valence-corrected chi connectivity index (χ2v) is 1.86. The van der Waals surface area contributed by atoms with Crippen molar-refractivity contribution in [1.29, 1.82) is 0 Å². The van der Waals surface area contributed by atoms with Crippen LogP contribution in [0.3, 0.4) is 0 Å². The molecule has 0 aliphatic carbocycles. The van der Waals surface area contributed by atoms with Crippen molar-refractivity contribution in [3.05, 3.63) is 0 Å². The van der Waals surface area contributed by atoms with E-state index in [0.717, 1.165) is 6.92 Å². The summed E-state index contributed by atoms with van der Waals surface area (Å²) in [5.41, 5.74) is 4.62. The van der Waals surface area contributed by atoms with Crippen molar-refractivity contribution in [2.45, 2.75) is 19.1 Å². The van der Waals surface area contributed by atoms with Gasteiger partial charge in [0.25, 0.3) is 0 Å². The van der Waals surface area contributed by atoms with E-state index in [1.165, 1.54) is 0 Å². The highest BCUT2D eigenvalue weighted by atomic mass is 16.5. The Morgan fingerprint density at radius 2 is 2.12 bits per heavy atom. The predicted octanol–water partition coefficient (Wildman–Crippen LogP) is -1.44. The van der Waals surface area contributed by atoms with Gasteiger partial charge in [-0.25, -0.2) is 0 Å². The van der Waals surface area contributed by atoms with Crippen LogP contribution >= 0.6 is 0 Å². The first-order valence-corrected chi connectivity index (χ1v) is 2.15. The Labute approximate surface area is 46.9 Å². The minimum atomic E-state index is -1.95. The minimum Gasteiger partial charge on any atom is -0.370 e. The summed E-state index contributed by atoms with van der Waals surface area (Å²) in [7, 11) is 0. The van der Waals surface area contributed by atoms with Gasteiger partial charge < -0.3 is 15.9 Å². The molecule has 0 unspecified atom stereocenters. The molecule has 0 heterocycles. The van der Waals surface area contributed by atoms with Crippen molar-refractivity contribution in [2.75, 3.05) is 0 Å². The zero-order valence-corrected chi connectivity index (χ0v) is 4.59. The molecular formula is C4H9NO3.